The quantitative estimate of drug-likeness (QED) is 0.0799. The normalized spacial score (nSPS) is 33.1. The van der Waals surface area contributed by atoms with E-state index >= 15 is 0 Å². The molecule has 0 aromatic heterocycles. The van der Waals surface area contributed by atoms with Crippen LogP contribution in [0, 0.1) is 0 Å². The van der Waals surface area contributed by atoms with E-state index in [2.05, 4.69) is 5.32 Å². The summed E-state index contributed by atoms with van der Waals surface area (Å²) in [6, 6.07) is 36.8. The van der Waals surface area contributed by atoms with Crippen molar-refractivity contribution in [3.8, 4) is 0 Å². The lowest BCUT2D eigenvalue weighted by molar-refractivity contribution is -0.377. The number of benzene rings is 4. The third-order valence-electron chi connectivity index (χ3n) is 11.4. The first kappa shape index (κ1) is 47.7. The molecular weight excluding hydrogens is 831 g/mol. The van der Waals surface area contributed by atoms with Gasteiger partial charge in [0.15, 0.2) is 18.9 Å². The molecule has 4 aromatic carbocycles. The summed E-state index contributed by atoms with van der Waals surface area (Å²) in [5, 5.41) is 57.0. The minimum absolute atomic E-state index is 0.103. The predicted octanol–water partition coefficient (Wildman–Crippen LogP) is 2.50. The van der Waals surface area contributed by atoms with Crippen molar-refractivity contribution in [3.05, 3.63) is 144 Å². The van der Waals surface area contributed by atoms with Crippen LogP contribution in [0.15, 0.2) is 121 Å². The van der Waals surface area contributed by atoms with Gasteiger partial charge in [0.1, 0.15) is 67.1 Å². The van der Waals surface area contributed by atoms with Gasteiger partial charge < -0.3 is 73.5 Å². The summed E-state index contributed by atoms with van der Waals surface area (Å²) < 4.78 is 58.2. The maximum Gasteiger partial charge on any atom is 0.217 e. The number of nitrogens with one attached hydrogen (secondary N) is 1. The number of aliphatic hydroxyl groups excluding tert-OH is 5. The first-order chi connectivity index (χ1) is 31.1. The van der Waals surface area contributed by atoms with Crippen molar-refractivity contribution in [2.24, 2.45) is 0 Å². The molecule has 6 N–H and O–H groups in total. The summed E-state index contributed by atoms with van der Waals surface area (Å²) in [5.41, 5.74) is 3.52. The fourth-order valence-corrected chi connectivity index (χ4v) is 8.10. The van der Waals surface area contributed by atoms with E-state index in [0.717, 1.165) is 22.3 Å². The van der Waals surface area contributed by atoms with Crippen LogP contribution in [0.4, 0.5) is 0 Å². The van der Waals surface area contributed by atoms with Crippen molar-refractivity contribution in [1.29, 1.82) is 0 Å². The van der Waals surface area contributed by atoms with E-state index in [0.29, 0.717) is 0 Å². The second-order valence-electron chi connectivity index (χ2n) is 16.2. The minimum atomic E-state index is -1.82. The van der Waals surface area contributed by atoms with Crippen LogP contribution in [0.25, 0.3) is 0 Å². The molecular formula is C48H59NO15. The first-order valence-electron chi connectivity index (χ1n) is 21.6. The number of carbonyl (C=O) groups is 1. The van der Waals surface area contributed by atoms with Crippen molar-refractivity contribution >= 4 is 5.91 Å². The van der Waals surface area contributed by atoms with E-state index in [9.17, 15) is 30.3 Å². The zero-order valence-electron chi connectivity index (χ0n) is 35.8. The van der Waals surface area contributed by atoms with Gasteiger partial charge in [0.2, 0.25) is 5.91 Å². The lowest BCUT2D eigenvalue weighted by Crippen LogP contribution is -2.69. The van der Waals surface area contributed by atoms with Crippen LogP contribution in [0.2, 0.25) is 0 Å². The molecule has 16 heteroatoms. The molecule has 0 saturated carbocycles. The Labute approximate surface area is 372 Å². The smallest absolute Gasteiger partial charge is 0.217 e. The summed E-state index contributed by atoms with van der Waals surface area (Å²) in [6.45, 7) is 2.83. The standard InChI is InChI=1S/C48H59NO15/c1-29-41(57-25-32-17-9-4-10-18-32)44(58-26-33-19-11-5-12-20-33)45(59-27-34-21-13-6-14-22-34)48(60-29)64-43-37(49-30(2)51)46(55)61-36(28-56-24-31-15-7-3-8-16-31)42(43)63-47-40(54)39(53)38(52)35(23-50)62-47/h3-22,29,35-48,50,52-55H,23-28H2,1-2H3,(H,49,51)/t29-,35+,36+,37+,38-,39-,40+,41+,42+,43+,44+,45-,46-,47-,48?/m0/s1. The largest absolute Gasteiger partial charge is 0.394 e. The Morgan fingerprint density at radius 3 is 1.55 bits per heavy atom. The van der Waals surface area contributed by atoms with Crippen LogP contribution < -0.4 is 5.32 Å². The Bertz CT molecular complexity index is 1970. The topological polar surface area (TPSA) is 213 Å². The molecule has 0 aliphatic carbocycles. The molecule has 346 valence electrons. The number of aliphatic hydroxyl groups is 5. The highest BCUT2D eigenvalue weighted by Crippen LogP contribution is 2.36. The van der Waals surface area contributed by atoms with Gasteiger partial charge in [-0.1, -0.05) is 121 Å². The van der Waals surface area contributed by atoms with Crippen molar-refractivity contribution in [2.75, 3.05) is 13.2 Å². The number of carbonyl (C=O) groups excluding carboxylic acids is 1. The monoisotopic (exact) mass is 889 g/mol. The highest BCUT2D eigenvalue weighted by atomic mass is 16.8. The van der Waals surface area contributed by atoms with Gasteiger partial charge in [0.25, 0.3) is 0 Å². The molecule has 0 bridgehead atoms. The van der Waals surface area contributed by atoms with Crippen LogP contribution >= 0.6 is 0 Å². The first-order valence-corrected chi connectivity index (χ1v) is 21.6. The molecule has 4 aromatic rings. The number of ether oxygens (including phenoxy) is 9. The number of hydrogen-bond donors (Lipinski definition) is 6. The van der Waals surface area contributed by atoms with Crippen LogP contribution in [-0.2, 0) is 73.9 Å². The molecule has 3 aliphatic rings. The van der Waals surface area contributed by atoms with Crippen molar-refractivity contribution in [2.45, 2.75) is 132 Å². The van der Waals surface area contributed by atoms with Crippen molar-refractivity contribution in [3.63, 3.8) is 0 Å². The lowest BCUT2D eigenvalue weighted by Gasteiger charge is -2.50. The molecule has 15 atom stereocenters. The average molecular weight is 890 g/mol. The summed E-state index contributed by atoms with van der Waals surface area (Å²) in [5.74, 6) is -0.542. The molecule has 3 aliphatic heterocycles. The fraction of sp³-hybridized carbons (Fsp3) is 0.479. The predicted molar refractivity (Wildman–Crippen MR) is 227 cm³/mol. The Kier molecular flexibility index (Phi) is 17.4. The number of hydrogen-bond acceptors (Lipinski definition) is 15. The third-order valence-corrected chi connectivity index (χ3v) is 11.4. The fourth-order valence-electron chi connectivity index (χ4n) is 8.10. The summed E-state index contributed by atoms with van der Waals surface area (Å²) in [4.78, 5) is 12.9. The van der Waals surface area contributed by atoms with Crippen LogP contribution in [0.1, 0.15) is 36.1 Å². The lowest BCUT2D eigenvalue weighted by atomic mass is 9.94. The second kappa shape index (κ2) is 23.3. The Morgan fingerprint density at radius 1 is 0.547 bits per heavy atom. The number of rotatable bonds is 19. The molecule has 16 nitrogen and oxygen atoms in total. The SMILES string of the molecule is CC(=O)N[C@@H]1[C@@H](OC2O[C@@H](C)[C@@H](OCc3ccccc3)[C@@H](OCc3ccccc3)[C@@H]2OCc2ccccc2)[C@H](O[C@@H]2O[C@H](CO)[C@H](O)[C@H](O)[C@H]2O)[C@@H](COCc2ccccc2)O[C@@H]1O. The summed E-state index contributed by atoms with van der Waals surface area (Å²) >= 11 is 0. The van der Waals surface area contributed by atoms with Gasteiger partial charge >= 0.3 is 0 Å². The Balaban J connectivity index is 1.25. The van der Waals surface area contributed by atoms with Gasteiger partial charge in [-0.2, -0.15) is 0 Å². The molecule has 1 amide bonds. The van der Waals surface area contributed by atoms with E-state index in [1.54, 1.807) is 0 Å². The molecule has 1 unspecified atom stereocenters. The van der Waals surface area contributed by atoms with E-state index in [4.69, 9.17) is 42.6 Å². The van der Waals surface area contributed by atoms with Crippen LogP contribution in [0.3, 0.4) is 0 Å². The zero-order chi connectivity index (χ0) is 45.0. The van der Waals surface area contributed by atoms with E-state index in [1.165, 1.54) is 6.92 Å². The van der Waals surface area contributed by atoms with E-state index in [-0.39, 0.29) is 33.0 Å². The minimum Gasteiger partial charge on any atom is -0.394 e. The summed E-state index contributed by atoms with van der Waals surface area (Å²) in [6.07, 6.45) is -18.4. The Morgan fingerprint density at radius 2 is 1.03 bits per heavy atom. The second-order valence-corrected chi connectivity index (χ2v) is 16.2. The van der Waals surface area contributed by atoms with Gasteiger partial charge in [0.05, 0.1) is 45.7 Å². The third kappa shape index (κ3) is 12.4. The van der Waals surface area contributed by atoms with Gasteiger partial charge in [-0.3, -0.25) is 4.79 Å². The maximum absolute atomic E-state index is 12.9. The van der Waals surface area contributed by atoms with Gasteiger partial charge in [0, 0.05) is 6.92 Å². The maximum atomic E-state index is 12.9. The molecule has 0 radical (unpaired) electrons. The van der Waals surface area contributed by atoms with Crippen LogP contribution in [-0.4, -0.2) is 137 Å². The van der Waals surface area contributed by atoms with Crippen molar-refractivity contribution in [1.82, 2.24) is 5.32 Å². The van der Waals surface area contributed by atoms with Gasteiger partial charge in [-0.05, 0) is 29.2 Å². The zero-order valence-corrected chi connectivity index (χ0v) is 35.8. The van der Waals surface area contributed by atoms with E-state index < -0.39 is 105 Å². The molecule has 0 spiro atoms. The number of amides is 1. The van der Waals surface area contributed by atoms with Gasteiger partial charge in [-0.25, -0.2) is 0 Å². The molecule has 3 saturated heterocycles. The van der Waals surface area contributed by atoms with Crippen molar-refractivity contribution < 1.29 is 73.0 Å². The molecule has 64 heavy (non-hydrogen) atoms. The van der Waals surface area contributed by atoms with Gasteiger partial charge in [-0.15, -0.1) is 0 Å². The molecule has 7 rings (SSSR count). The highest BCUT2D eigenvalue weighted by Gasteiger charge is 2.55. The van der Waals surface area contributed by atoms with Crippen LogP contribution in [0.5, 0.6) is 0 Å². The van der Waals surface area contributed by atoms with E-state index in [1.807, 2.05) is 128 Å². The molecule has 3 fully saturated rings. The Hall–Kier alpha value is -4.21. The highest BCUT2D eigenvalue weighted by molar-refractivity contribution is 5.73. The summed E-state index contributed by atoms with van der Waals surface area (Å²) in [7, 11) is 0. The average Bonchev–Trinajstić information content (AvgIpc) is 3.31. The molecule has 3 heterocycles.